The number of amides is 2. The van der Waals surface area contributed by atoms with Crippen LogP contribution in [0.3, 0.4) is 0 Å². The summed E-state index contributed by atoms with van der Waals surface area (Å²) in [5.74, 6) is -1.01. The van der Waals surface area contributed by atoms with Gasteiger partial charge in [-0.25, -0.2) is 9.13 Å². The Morgan fingerprint density at radius 3 is 1.60 bits per heavy atom. The van der Waals surface area contributed by atoms with Crippen molar-refractivity contribution in [3.8, 4) is 0 Å². The normalized spacial score (nSPS) is 10.3. The number of rotatable bonds is 9. The van der Waals surface area contributed by atoms with Gasteiger partial charge in [-0.15, -0.1) is 0 Å². The second-order valence-electron chi connectivity index (χ2n) is 5.84. The molecule has 0 spiro atoms. The number of aryl methyl sites for hydroxylation is 2. The molecule has 2 amide bonds. The summed E-state index contributed by atoms with van der Waals surface area (Å²) >= 11 is 0. The summed E-state index contributed by atoms with van der Waals surface area (Å²) in [6.45, 7) is 1.53. The Hall–Kier alpha value is -2.36. The van der Waals surface area contributed by atoms with Crippen molar-refractivity contribution in [3.63, 3.8) is 0 Å². The molecule has 10 nitrogen and oxygen atoms in total. The third-order valence-corrected chi connectivity index (χ3v) is 3.68. The van der Waals surface area contributed by atoms with Gasteiger partial charge in [-0.2, -0.15) is 0 Å². The molecule has 0 aliphatic heterocycles. The number of nitrogens with one attached hydrogen (secondary N) is 2. The number of nitrogens with zero attached hydrogens (tertiary/aromatic N) is 4. The van der Waals surface area contributed by atoms with E-state index in [0.717, 1.165) is 38.4 Å². The molecule has 2 aromatic rings. The minimum absolute atomic E-state index is 0. The van der Waals surface area contributed by atoms with Crippen LogP contribution in [0, 0.1) is 0 Å². The average molecular weight is 640 g/mol. The summed E-state index contributed by atoms with van der Waals surface area (Å²) in [6, 6.07) is 7.14. The van der Waals surface area contributed by atoms with Gasteiger partial charge in [-0.3, -0.25) is 9.59 Å². The van der Waals surface area contributed by atoms with Crippen LogP contribution in [0.25, 0.3) is 0 Å². The molecule has 0 saturated carbocycles. The summed E-state index contributed by atoms with van der Waals surface area (Å²) < 4.78 is 3.92. The molecular formula is C18H22I2N6O4. The van der Waals surface area contributed by atoms with E-state index >= 15 is 0 Å². The van der Waals surface area contributed by atoms with E-state index in [9.17, 15) is 9.59 Å². The highest BCUT2D eigenvalue weighted by atomic mass is 127. The van der Waals surface area contributed by atoms with Crippen molar-refractivity contribution in [2.24, 2.45) is 10.3 Å². The molecule has 0 radical (unpaired) electrons. The van der Waals surface area contributed by atoms with Gasteiger partial charge in [0.15, 0.2) is 24.8 Å². The zero-order valence-electron chi connectivity index (χ0n) is 15.9. The Bertz CT molecular complexity index is 808. The van der Waals surface area contributed by atoms with E-state index in [2.05, 4.69) is 20.9 Å². The Morgan fingerprint density at radius 1 is 0.833 bits per heavy atom. The monoisotopic (exact) mass is 640 g/mol. The van der Waals surface area contributed by atoms with Crippen molar-refractivity contribution in [2.75, 3.05) is 10.6 Å². The summed E-state index contributed by atoms with van der Waals surface area (Å²) in [7, 11) is 0. The van der Waals surface area contributed by atoms with Crippen molar-refractivity contribution in [3.05, 3.63) is 49.1 Å². The largest absolute Gasteiger partial charge is 1.00 e. The zero-order chi connectivity index (χ0) is 20.2. The van der Waals surface area contributed by atoms with E-state index < -0.39 is 11.8 Å². The van der Waals surface area contributed by atoms with Gasteiger partial charge in [0, 0.05) is 25.0 Å². The molecule has 2 rings (SSSR count). The first-order chi connectivity index (χ1) is 13.6. The fourth-order valence-electron chi connectivity index (χ4n) is 2.51. The van der Waals surface area contributed by atoms with E-state index in [1.54, 1.807) is 24.5 Å². The first kappa shape index (κ1) is 27.6. The number of hydrogen-bond donors (Lipinski definition) is 4. The van der Waals surface area contributed by atoms with Crippen molar-refractivity contribution in [1.29, 1.82) is 0 Å². The number of pyridine rings is 2. The molecule has 0 saturated heterocycles. The lowest BCUT2D eigenvalue weighted by atomic mass is 10.3. The fourth-order valence-corrected chi connectivity index (χ4v) is 2.51. The maximum atomic E-state index is 11.4. The van der Waals surface area contributed by atoms with Crippen LogP contribution in [-0.2, 0) is 22.7 Å². The van der Waals surface area contributed by atoms with Crippen LogP contribution in [0.4, 0.5) is 11.4 Å². The number of hydrogen-bond acceptors (Lipinski definition) is 6. The molecule has 0 fully saturated rings. The predicted octanol–water partition coefficient (Wildman–Crippen LogP) is -5.45. The summed E-state index contributed by atoms with van der Waals surface area (Å²) in [5, 5.41) is 27.3. The fraction of sp³-hybridized carbons (Fsp3) is 0.222. The first-order valence-corrected chi connectivity index (χ1v) is 8.56. The topological polar surface area (TPSA) is 131 Å². The lowest BCUT2D eigenvalue weighted by Gasteiger charge is -2.02. The first-order valence-electron chi connectivity index (χ1n) is 8.56. The summed E-state index contributed by atoms with van der Waals surface area (Å²) in [5.41, 5.74) is 1.22. The van der Waals surface area contributed by atoms with Crippen molar-refractivity contribution in [2.45, 2.75) is 25.9 Å². The quantitative estimate of drug-likeness (QED) is 0.0545. The molecule has 0 atom stereocenters. The number of carbonyl (C=O) groups is 2. The van der Waals surface area contributed by atoms with Gasteiger partial charge in [-0.1, -0.05) is 10.3 Å². The number of halogens is 2. The van der Waals surface area contributed by atoms with E-state index in [1.165, 1.54) is 0 Å². The van der Waals surface area contributed by atoms with Crippen LogP contribution in [0.2, 0.25) is 0 Å². The molecule has 162 valence electrons. The van der Waals surface area contributed by atoms with Crippen molar-refractivity contribution in [1.82, 2.24) is 0 Å². The van der Waals surface area contributed by atoms with Crippen molar-refractivity contribution < 1.29 is 77.1 Å². The maximum absolute atomic E-state index is 11.4. The van der Waals surface area contributed by atoms with E-state index in [4.69, 9.17) is 10.4 Å². The Kier molecular flexibility index (Phi) is 14.3. The van der Waals surface area contributed by atoms with Gasteiger partial charge in [0.25, 0.3) is 11.8 Å². The molecule has 0 aromatic carbocycles. The van der Waals surface area contributed by atoms with Crippen LogP contribution in [0.15, 0.2) is 59.4 Å². The Morgan fingerprint density at radius 2 is 1.23 bits per heavy atom. The molecular weight excluding hydrogens is 618 g/mol. The smallest absolute Gasteiger partial charge is 0.270 e. The van der Waals surface area contributed by atoms with Gasteiger partial charge in [0.05, 0.1) is 0 Å². The maximum Gasteiger partial charge on any atom is 0.270 e. The number of oxime groups is 2. The number of unbranched alkanes of at least 4 members (excludes halogenated alkanes) is 1. The lowest BCUT2D eigenvalue weighted by molar-refractivity contribution is -0.707. The number of aromatic nitrogens is 2. The van der Waals surface area contributed by atoms with Gasteiger partial charge in [0.2, 0.25) is 0 Å². The van der Waals surface area contributed by atoms with E-state index in [0.29, 0.717) is 11.4 Å². The second-order valence-corrected chi connectivity index (χ2v) is 5.84. The van der Waals surface area contributed by atoms with E-state index in [-0.39, 0.29) is 48.0 Å². The van der Waals surface area contributed by atoms with Crippen molar-refractivity contribution >= 4 is 35.6 Å². The molecule has 2 heterocycles. The van der Waals surface area contributed by atoms with Gasteiger partial charge >= 0.3 is 0 Å². The average Bonchev–Trinajstić information content (AvgIpc) is 2.66. The second kappa shape index (κ2) is 15.5. The third kappa shape index (κ3) is 10.4. The van der Waals surface area contributed by atoms with Gasteiger partial charge < -0.3 is 69.0 Å². The van der Waals surface area contributed by atoms with Gasteiger partial charge in [-0.05, 0) is 12.1 Å². The molecule has 0 aliphatic rings. The third-order valence-electron chi connectivity index (χ3n) is 3.68. The SMILES string of the molecule is O=C(/C=N/O)Nc1ccc[n+](CCCC[n+]2cccc(NC(=O)/C=N/O)c2)c1.[I-].[I-]. The predicted molar refractivity (Wildman–Crippen MR) is 100 cm³/mol. The molecule has 12 heteroatoms. The highest BCUT2D eigenvalue weighted by Crippen LogP contribution is 2.03. The number of carbonyl (C=O) groups excluding carboxylic acids is 2. The molecule has 30 heavy (non-hydrogen) atoms. The lowest BCUT2D eigenvalue weighted by Crippen LogP contribution is -3.00. The van der Waals surface area contributed by atoms with Crippen LogP contribution in [-0.4, -0.2) is 34.7 Å². The van der Waals surface area contributed by atoms with E-state index in [1.807, 2.05) is 33.7 Å². The molecule has 0 aliphatic carbocycles. The van der Waals surface area contributed by atoms with Crippen LogP contribution >= 0.6 is 0 Å². The molecule has 4 N–H and O–H groups in total. The standard InChI is InChI=1S/C18H20N6O4.2HI/c25-17(11-19-27)21-15-5-3-9-23(13-15)7-1-2-8-24-10-4-6-16(14-24)22-18(26)12-20-28;;/h3-6,9-14H,1-2,7-8H2,(H2-2,21,22,25,26,27,28);2*1H. The summed E-state index contributed by atoms with van der Waals surface area (Å²) in [6.07, 6.45) is 10.8. The van der Waals surface area contributed by atoms with Crippen LogP contribution < -0.4 is 67.7 Å². The highest BCUT2D eigenvalue weighted by Gasteiger charge is 2.08. The summed E-state index contributed by atoms with van der Waals surface area (Å²) in [4.78, 5) is 22.8. The molecule has 0 bridgehead atoms. The Balaban J connectivity index is 0.00000420. The highest BCUT2D eigenvalue weighted by molar-refractivity contribution is 6.31. The van der Waals surface area contributed by atoms with Crippen LogP contribution in [0.5, 0.6) is 0 Å². The molecule has 2 aromatic heterocycles. The molecule has 0 unspecified atom stereocenters. The minimum Gasteiger partial charge on any atom is -1.00 e. The van der Waals surface area contributed by atoms with Gasteiger partial charge in [0.1, 0.15) is 36.9 Å². The van der Waals surface area contributed by atoms with Crippen LogP contribution in [0.1, 0.15) is 12.8 Å². The zero-order valence-corrected chi connectivity index (χ0v) is 20.2. The number of anilines is 2. The Labute approximate surface area is 207 Å². The minimum atomic E-state index is -0.506.